The summed E-state index contributed by atoms with van der Waals surface area (Å²) >= 11 is 3.47. The largest absolute Gasteiger partial charge is 0.297 e. The molecule has 0 aliphatic carbocycles. The smallest absolute Gasteiger partial charge is 0.123 e. The number of rotatable bonds is 4. The first-order valence-electron chi connectivity index (χ1n) is 7.63. The van der Waals surface area contributed by atoms with Crippen LogP contribution in [0.15, 0.2) is 53.0 Å². The molecule has 1 heterocycles. The van der Waals surface area contributed by atoms with E-state index in [0.717, 1.165) is 43.7 Å². The van der Waals surface area contributed by atoms with Crippen molar-refractivity contribution in [3.8, 4) is 0 Å². The summed E-state index contributed by atoms with van der Waals surface area (Å²) in [7, 11) is 0. The van der Waals surface area contributed by atoms with Crippen LogP contribution in [0.2, 0.25) is 0 Å². The van der Waals surface area contributed by atoms with Gasteiger partial charge < -0.3 is 0 Å². The monoisotopic (exact) mass is 362 g/mol. The average molecular weight is 363 g/mol. The van der Waals surface area contributed by atoms with E-state index in [-0.39, 0.29) is 5.82 Å². The van der Waals surface area contributed by atoms with Crippen LogP contribution >= 0.6 is 15.9 Å². The van der Waals surface area contributed by atoms with Crippen molar-refractivity contribution >= 4 is 15.9 Å². The molecule has 0 saturated carbocycles. The summed E-state index contributed by atoms with van der Waals surface area (Å²) in [6.07, 6.45) is 0. The maximum atomic E-state index is 12.9. The van der Waals surface area contributed by atoms with E-state index in [1.54, 1.807) is 12.1 Å². The molecule has 2 nitrogen and oxygen atoms in total. The zero-order valence-corrected chi connectivity index (χ0v) is 14.1. The SMILES string of the molecule is Fc1ccc(CN2CCN(Cc3ccc(Br)cc3)CC2)cc1. The molecule has 0 radical (unpaired) electrons. The fraction of sp³-hybridized carbons (Fsp3) is 0.333. The number of halogens is 2. The predicted molar refractivity (Wildman–Crippen MR) is 91.1 cm³/mol. The van der Waals surface area contributed by atoms with Crippen LogP contribution in [0.1, 0.15) is 11.1 Å². The van der Waals surface area contributed by atoms with Gasteiger partial charge in [0.2, 0.25) is 0 Å². The highest BCUT2D eigenvalue weighted by atomic mass is 79.9. The predicted octanol–water partition coefficient (Wildman–Crippen LogP) is 3.91. The van der Waals surface area contributed by atoms with Crippen molar-refractivity contribution in [1.29, 1.82) is 0 Å². The van der Waals surface area contributed by atoms with Crippen LogP contribution in [0.3, 0.4) is 0 Å². The van der Waals surface area contributed by atoms with Gasteiger partial charge in [-0.2, -0.15) is 0 Å². The van der Waals surface area contributed by atoms with Gasteiger partial charge in [-0.1, -0.05) is 40.2 Å². The van der Waals surface area contributed by atoms with E-state index in [1.165, 1.54) is 11.1 Å². The maximum absolute atomic E-state index is 12.9. The molecule has 3 rings (SSSR count). The van der Waals surface area contributed by atoms with Crippen molar-refractivity contribution < 1.29 is 4.39 Å². The molecule has 0 atom stereocenters. The van der Waals surface area contributed by atoms with E-state index < -0.39 is 0 Å². The van der Waals surface area contributed by atoms with Gasteiger partial charge in [0.25, 0.3) is 0 Å². The van der Waals surface area contributed by atoms with Crippen LogP contribution in [0.4, 0.5) is 4.39 Å². The molecule has 2 aromatic carbocycles. The van der Waals surface area contributed by atoms with Crippen molar-refractivity contribution in [3.63, 3.8) is 0 Å². The summed E-state index contributed by atoms with van der Waals surface area (Å²) in [6.45, 7) is 6.21. The first-order valence-corrected chi connectivity index (χ1v) is 8.42. The lowest BCUT2D eigenvalue weighted by Gasteiger charge is -2.34. The molecule has 1 saturated heterocycles. The van der Waals surface area contributed by atoms with Crippen molar-refractivity contribution in [2.45, 2.75) is 13.1 Å². The second-order valence-electron chi connectivity index (χ2n) is 5.81. The van der Waals surface area contributed by atoms with Gasteiger partial charge in [0, 0.05) is 43.7 Å². The molecule has 0 bridgehead atoms. The van der Waals surface area contributed by atoms with Gasteiger partial charge in [0.05, 0.1) is 0 Å². The molecule has 0 aromatic heterocycles. The Morgan fingerprint density at radius 1 is 0.727 bits per heavy atom. The quantitative estimate of drug-likeness (QED) is 0.813. The van der Waals surface area contributed by atoms with Gasteiger partial charge in [-0.15, -0.1) is 0 Å². The van der Waals surface area contributed by atoms with E-state index in [1.807, 2.05) is 12.1 Å². The van der Waals surface area contributed by atoms with Crippen molar-refractivity contribution in [2.24, 2.45) is 0 Å². The first-order chi connectivity index (χ1) is 10.7. The lowest BCUT2D eigenvalue weighted by Crippen LogP contribution is -2.45. The minimum absolute atomic E-state index is 0.164. The van der Waals surface area contributed by atoms with Crippen LogP contribution in [-0.4, -0.2) is 36.0 Å². The average Bonchev–Trinajstić information content (AvgIpc) is 2.54. The number of nitrogens with zero attached hydrogens (tertiary/aromatic N) is 2. The van der Waals surface area contributed by atoms with Crippen LogP contribution in [0, 0.1) is 5.82 Å². The van der Waals surface area contributed by atoms with Crippen LogP contribution in [0.25, 0.3) is 0 Å². The third-order valence-corrected chi connectivity index (χ3v) is 4.63. The van der Waals surface area contributed by atoms with Crippen LogP contribution < -0.4 is 0 Å². The van der Waals surface area contributed by atoms with Gasteiger partial charge in [0.15, 0.2) is 0 Å². The van der Waals surface area contributed by atoms with E-state index in [9.17, 15) is 4.39 Å². The molecule has 0 unspecified atom stereocenters. The first kappa shape index (κ1) is 15.7. The summed E-state index contributed by atoms with van der Waals surface area (Å²) in [6, 6.07) is 15.4. The van der Waals surface area contributed by atoms with E-state index in [2.05, 4.69) is 50.0 Å². The Morgan fingerprint density at radius 3 is 1.59 bits per heavy atom. The van der Waals surface area contributed by atoms with Gasteiger partial charge in [0.1, 0.15) is 5.82 Å². The lowest BCUT2D eigenvalue weighted by molar-refractivity contribution is 0.122. The molecule has 1 aliphatic rings. The normalized spacial score (nSPS) is 16.8. The highest BCUT2D eigenvalue weighted by Crippen LogP contribution is 2.14. The summed E-state index contributed by atoms with van der Waals surface area (Å²) in [5.41, 5.74) is 2.54. The summed E-state index contributed by atoms with van der Waals surface area (Å²) in [5.74, 6) is -0.164. The summed E-state index contributed by atoms with van der Waals surface area (Å²) in [5, 5.41) is 0. The summed E-state index contributed by atoms with van der Waals surface area (Å²) < 4.78 is 14.1. The minimum atomic E-state index is -0.164. The Labute approximate surface area is 139 Å². The zero-order chi connectivity index (χ0) is 15.4. The fourth-order valence-electron chi connectivity index (χ4n) is 2.80. The highest BCUT2D eigenvalue weighted by molar-refractivity contribution is 9.10. The Kier molecular flexibility index (Phi) is 5.24. The lowest BCUT2D eigenvalue weighted by atomic mass is 10.1. The molecule has 22 heavy (non-hydrogen) atoms. The highest BCUT2D eigenvalue weighted by Gasteiger charge is 2.17. The fourth-order valence-corrected chi connectivity index (χ4v) is 3.07. The third kappa shape index (κ3) is 4.38. The molecule has 2 aromatic rings. The van der Waals surface area contributed by atoms with Crippen LogP contribution in [-0.2, 0) is 13.1 Å². The van der Waals surface area contributed by atoms with Crippen molar-refractivity contribution in [3.05, 3.63) is 69.9 Å². The number of hydrogen-bond acceptors (Lipinski definition) is 2. The molecule has 0 N–H and O–H groups in total. The maximum Gasteiger partial charge on any atom is 0.123 e. The van der Waals surface area contributed by atoms with E-state index in [4.69, 9.17) is 0 Å². The molecule has 1 aliphatic heterocycles. The van der Waals surface area contributed by atoms with Crippen molar-refractivity contribution in [1.82, 2.24) is 9.80 Å². The molecule has 4 heteroatoms. The third-order valence-electron chi connectivity index (χ3n) is 4.10. The van der Waals surface area contributed by atoms with Crippen LogP contribution in [0.5, 0.6) is 0 Å². The van der Waals surface area contributed by atoms with Gasteiger partial charge in [-0.25, -0.2) is 4.39 Å². The molecular weight excluding hydrogens is 343 g/mol. The second kappa shape index (κ2) is 7.36. The molecule has 0 spiro atoms. The summed E-state index contributed by atoms with van der Waals surface area (Å²) in [4.78, 5) is 4.93. The molecule has 116 valence electrons. The number of benzene rings is 2. The number of piperazine rings is 1. The minimum Gasteiger partial charge on any atom is -0.297 e. The van der Waals surface area contributed by atoms with Crippen molar-refractivity contribution in [2.75, 3.05) is 26.2 Å². The van der Waals surface area contributed by atoms with E-state index >= 15 is 0 Å². The Bertz CT molecular complexity index is 534. The number of hydrogen-bond donors (Lipinski definition) is 0. The standard InChI is InChI=1S/C18H20BrFN2/c19-17-5-1-15(2-6-17)13-21-9-11-22(12-10-21)14-16-3-7-18(20)8-4-16/h1-8H,9-14H2. The second-order valence-corrected chi connectivity index (χ2v) is 6.72. The Hall–Kier alpha value is -1.23. The van der Waals surface area contributed by atoms with Gasteiger partial charge >= 0.3 is 0 Å². The van der Waals surface area contributed by atoms with Gasteiger partial charge in [-0.3, -0.25) is 9.80 Å². The van der Waals surface area contributed by atoms with Gasteiger partial charge in [-0.05, 0) is 35.4 Å². The molecular formula is C18H20BrFN2. The van der Waals surface area contributed by atoms with E-state index in [0.29, 0.717) is 0 Å². The zero-order valence-electron chi connectivity index (χ0n) is 12.5. The Balaban J connectivity index is 1.47. The Morgan fingerprint density at radius 2 is 1.14 bits per heavy atom. The molecule has 0 amide bonds. The topological polar surface area (TPSA) is 6.48 Å². The molecule has 1 fully saturated rings.